The van der Waals surface area contributed by atoms with Crippen LogP contribution in [-0.2, 0) is 22.9 Å². The molecule has 0 aromatic carbocycles. The van der Waals surface area contributed by atoms with E-state index in [0.717, 1.165) is 0 Å². The van der Waals surface area contributed by atoms with Gasteiger partial charge in [0.1, 0.15) is 24.4 Å². The van der Waals surface area contributed by atoms with Crippen molar-refractivity contribution >= 4 is 15.6 Å². The lowest BCUT2D eigenvalue weighted by molar-refractivity contribution is -0.279. The molecule has 0 saturated carbocycles. The van der Waals surface area contributed by atoms with Crippen LogP contribution in [0.25, 0.3) is 0 Å². The number of phosphoric ester groups is 2. The Morgan fingerprint density at radius 1 is 0.900 bits per heavy atom. The molecule has 0 aromatic rings. The summed E-state index contributed by atoms with van der Waals surface area (Å²) >= 11 is 0. The molecule has 1 heterocycles. The van der Waals surface area contributed by atoms with Crippen molar-refractivity contribution in [2.75, 3.05) is 6.61 Å². The molecule has 0 aromatic heterocycles. The molecule has 120 valence electrons. The van der Waals surface area contributed by atoms with Gasteiger partial charge in [-0.2, -0.15) is 0 Å². The molecule has 1 saturated heterocycles. The van der Waals surface area contributed by atoms with Crippen molar-refractivity contribution < 1.29 is 57.8 Å². The van der Waals surface area contributed by atoms with Crippen molar-refractivity contribution in [1.82, 2.24) is 0 Å². The van der Waals surface area contributed by atoms with Crippen LogP contribution in [0.3, 0.4) is 0 Å². The van der Waals surface area contributed by atoms with E-state index in [1.54, 1.807) is 0 Å². The highest BCUT2D eigenvalue weighted by Crippen LogP contribution is 2.41. The number of rotatable bonds is 5. The lowest BCUT2D eigenvalue weighted by Crippen LogP contribution is -2.59. The summed E-state index contributed by atoms with van der Waals surface area (Å²) in [4.78, 5) is 34.1. The Bertz CT molecular complexity index is 412. The van der Waals surface area contributed by atoms with Crippen LogP contribution in [-0.4, -0.2) is 72.2 Å². The molecule has 7 N–H and O–H groups in total. The standard InChI is InChI=1S/C6H14O12P2/c7-3-2(1-16-19(10,11)12)17-6(5(9)4(3)8)18-20(13,14)15/h2-9H,1H2,(H2,10,11,12)(H2,13,14,15)/t2?,3-,4?,5+,6?/m1/s1. The van der Waals surface area contributed by atoms with Gasteiger partial charge in [-0.25, -0.2) is 9.13 Å². The maximum atomic E-state index is 10.6. The third-order valence-corrected chi connectivity index (χ3v) is 3.28. The zero-order valence-corrected chi connectivity index (χ0v) is 11.4. The molecule has 1 rings (SSSR count). The molecule has 0 aliphatic carbocycles. The molecule has 20 heavy (non-hydrogen) atoms. The average molecular weight is 340 g/mol. The Morgan fingerprint density at radius 3 is 1.90 bits per heavy atom. The Kier molecular flexibility index (Phi) is 5.83. The van der Waals surface area contributed by atoms with Crippen LogP contribution >= 0.6 is 15.6 Å². The van der Waals surface area contributed by atoms with Gasteiger partial charge in [-0.3, -0.25) is 9.05 Å². The second kappa shape index (κ2) is 6.44. The summed E-state index contributed by atoms with van der Waals surface area (Å²) < 4.78 is 33.9. The van der Waals surface area contributed by atoms with E-state index >= 15 is 0 Å². The highest BCUT2D eigenvalue weighted by Gasteiger charge is 2.47. The molecular weight excluding hydrogens is 326 g/mol. The number of aliphatic hydroxyl groups excluding tert-OH is 3. The summed E-state index contributed by atoms with van der Waals surface area (Å²) in [5.74, 6) is 0. The third-order valence-electron chi connectivity index (χ3n) is 2.32. The van der Waals surface area contributed by atoms with E-state index < -0.39 is 53.0 Å². The maximum absolute atomic E-state index is 10.6. The molecule has 14 heteroatoms. The van der Waals surface area contributed by atoms with Crippen molar-refractivity contribution in [3.05, 3.63) is 0 Å². The van der Waals surface area contributed by atoms with Gasteiger partial charge in [0, 0.05) is 0 Å². The van der Waals surface area contributed by atoms with Crippen molar-refractivity contribution in [3.8, 4) is 0 Å². The lowest BCUT2D eigenvalue weighted by atomic mass is 10.00. The van der Waals surface area contributed by atoms with Crippen LogP contribution in [0.2, 0.25) is 0 Å². The number of phosphoric acid groups is 2. The van der Waals surface area contributed by atoms with Crippen LogP contribution in [0.15, 0.2) is 0 Å². The van der Waals surface area contributed by atoms with Gasteiger partial charge in [0.2, 0.25) is 0 Å². The second-order valence-corrected chi connectivity index (χ2v) is 6.33. The number of ether oxygens (including phenoxy) is 1. The van der Waals surface area contributed by atoms with Gasteiger partial charge in [-0.1, -0.05) is 0 Å². The minimum atomic E-state index is -5.07. The largest absolute Gasteiger partial charge is 0.472 e. The molecule has 1 aliphatic rings. The molecule has 1 fully saturated rings. The molecular formula is C6H14O12P2. The SMILES string of the molecule is O=P(O)(O)OCC1OC(OP(=O)(O)O)[C@@H](O)C(O)[C@@H]1O. The summed E-state index contributed by atoms with van der Waals surface area (Å²) in [7, 11) is -9.95. The Balaban J connectivity index is 2.76. The highest BCUT2D eigenvalue weighted by molar-refractivity contribution is 7.46. The number of hydrogen-bond acceptors (Lipinski definition) is 8. The lowest BCUT2D eigenvalue weighted by Gasteiger charge is -2.39. The predicted molar refractivity (Wildman–Crippen MR) is 57.8 cm³/mol. The van der Waals surface area contributed by atoms with Gasteiger partial charge < -0.3 is 39.6 Å². The maximum Gasteiger partial charge on any atom is 0.472 e. The average Bonchev–Trinajstić information content (AvgIpc) is 2.25. The van der Waals surface area contributed by atoms with Crippen LogP contribution in [0.5, 0.6) is 0 Å². The fourth-order valence-corrected chi connectivity index (χ4v) is 2.23. The molecule has 5 atom stereocenters. The van der Waals surface area contributed by atoms with Crippen molar-refractivity contribution in [1.29, 1.82) is 0 Å². The fourth-order valence-electron chi connectivity index (χ4n) is 1.45. The molecule has 0 radical (unpaired) electrons. The van der Waals surface area contributed by atoms with E-state index in [9.17, 15) is 24.4 Å². The minimum Gasteiger partial charge on any atom is -0.387 e. The van der Waals surface area contributed by atoms with E-state index in [0.29, 0.717) is 0 Å². The van der Waals surface area contributed by atoms with Crippen molar-refractivity contribution in [2.45, 2.75) is 30.7 Å². The van der Waals surface area contributed by atoms with Crippen LogP contribution in [0.1, 0.15) is 0 Å². The van der Waals surface area contributed by atoms with E-state index in [-0.39, 0.29) is 0 Å². The zero-order valence-electron chi connectivity index (χ0n) is 9.66. The van der Waals surface area contributed by atoms with E-state index in [1.165, 1.54) is 0 Å². The van der Waals surface area contributed by atoms with Gasteiger partial charge in [0.05, 0.1) is 6.61 Å². The molecule has 1 aliphatic heterocycles. The van der Waals surface area contributed by atoms with Crippen LogP contribution in [0, 0.1) is 0 Å². The zero-order chi connectivity index (χ0) is 15.7. The summed E-state index contributed by atoms with van der Waals surface area (Å²) in [6, 6.07) is 0. The quantitative estimate of drug-likeness (QED) is 0.250. The third kappa shape index (κ3) is 5.45. The van der Waals surface area contributed by atoms with Gasteiger partial charge in [0.15, 0.2) is 6.29 Å². The summed E-state index contributed by atoms with van der Waals surface area (Å²) in [6.45, 7) is -0.907. The Labute approximate surface area is 112 Å². The van der Waals surface area contributed by atoms with E-state index in [4.69, 9.17) is 24.3 Å². The Hall–Kier alpha value is 0.0600. The van der Waals surface area contributed by atoms with Crippen LogP contribution in [0.4, 0.5) is 0 Å². The summed E-state index contributed by atoms with van der Waals surface area (Å²) in [5, 5.41) is 28.4. The smallest absolute Gasteiger partial charge is 0.387 e. The van der Waals surface area contributed by atoms with Crippen molar-refractivity contribution in [3.63, 3.8) is 0 Å². The summed E-state index contributed by atoms with van der Waals surface area (Å²) in [5.41, 5.74) is 0. The first kappa shape index (κ1) is 18.1. The highest BCUT2D eigenvalue weighted by atomic mass is 31.2. The van der Waals surface area contributed by atoms with E-state index in [2.05, 4.69) is 9.05 Å². The molecule has 3 unspecified atom stereocenters. The molecule has 0 bridgehead atoms. The number of aliphatic hydroxyl groups is 3. The van der Waals surface area contributed by atoms with Gasteiger partial charge in [-0.05, 0) is 0 Å². The fraction of sp³-hybridized carbons (Fsp3) is 1.00. The molecule has 0 amide bonds. The topological polar surface area (TPSA) is 203 Å². The van der Waals surface area contributed by atoms with Gasteiger partial charge >= 0.3 is 15.6 Å². The van der Waals surface area contributed by atoms with Crippen molar-refractivity contribution in [2.24, 2.45) is 0 Å². The number of hydrogen-bond donors (Lipinski definition) is 7. The minimum absolute atomic E-state index is 0.907. The first-order valence-corrected chi connectivity index (χ1v) is 8.10. The second-order valence-electron chi connectivity index (χ2n) is 3.90. The Morgan fingerprint density at radius 2 is 1.45 bits per heavy atom. The first-order valence-electron chi connectivity index (χ1n) is 5.04. The van der Waals surface area contributed by atoms with Crippen LogP contribution < -0.4 is 0 Å². The predicted octanol–water partition coefficient (Wildman–Crippen LogP) is -2.99. The summed E-state index contributed by atoms with van der Waals surface area (Å²) in [6.07, 6.45) is -9.32. The molecule has 12 nitrogen and oxygen atoms in total. The normalized spacial score (nSPS) is 36.0. The van der Waals surface area contributed by atoms with Gasteiger partial charge in [0.25, 0.3) is 0 Å². The van der Waals surface area contributed by atoms with Gasteiger partial charge in [-0.15, -0.1) is 0 Å². The first-order chi connectivity index (χ1) is 8.91. The molecule has 0 spiro atoms. The van der Waals surface area contributed by atoms with E-state index in [1.807, 2.05) is 0 Å². The monoisotopic (exact) mass is 340 g/mol.